The third-order valence-electron chi connectivity index (χ3n) is 3.15. The molecule has 1 aromatic heterocycles. The molecular formula is C13H24N2O. The molecule has 1 heterocycles. The van der Waals surface area contributed by atoms with Crippen LogP contribution in [0.25, 0.3) is 0 Å². The Labute approximate surface area is 98.6 Å². The Bertz CT molecular complexity index is 320. The summed E-state index contributed by atoms with van der Waals surface area (Å²) in [5.74, 6) is 1.88. The van der Waals surface area contributed by atoms with Gasteiger partial charge < -0.3 is 10.2 Å². The molecule has 0 amide bonds. The molecule has 0 bridgehead atoms. The van der Waals surface area contributed by atoms with Gasteiger partial charge >= 0.3 is 0 Å². The maximum absolute atomic E-state index is 5.56. The number of rotatable bonds is 6. The zero-order chi connectivity index (χ0) is 12.1. The number of hydrogen-bond donors (Lipinski definition) is 1. The van der Waals surface area contributed by atoms with Gasteiger partial charge in [-0.15, -0.1) is 0 Å². The summed E-state index contributed by atoms with van der Waals surface area (Å²) in [4.78, 5) is 2.36. The standard InChI is InChI=1S/C13H24N2O/c1-5-6-10(2)15(4)9-12-7-13(8-14)16-11(12)3/h7,10H,5-6,8-9,14H2,1-4H3. The highest BCUT2D eigenvalue weighted by Gasteiger charge is 2.12. The third-order valence-corrected chi connectivity index (χ3v) is 3.15. The quantitative estimate of drug-likeness (QED) is 0.807. The Hall–Kier alpha value is -0.800. The van der Waals surface area contributed by atoms with Crippen molar-refractivity contribution in [2.75, 3.05) is 7.05 Å². The van der Waals surface area contributed by atoms with E-state index >= 15 is 0 Å². The first-order valence-electron chi connectivity index (χ1n) is 6.07. The van der Waals surface area contributed by atoms with Crippen molar-refractivity contribution in [3.05, 3.63) is 23.2 Å². The lowest BCUT2D eigenvalue weighted by Gasteiger charge is -2.23. The summed E-state index contributed by atoms with van der Waals surface area (Å²) < 4.78 is 5.55. The zero-order valence-electron chi connectivity index (χ0n) is 10.9. The molecule has 3 nitrogen and oxygen atoms in total. The van der Waals surface area contributed by atoms with Crippen LogP contribution < -0.4 is 5.73 Å². The summed E-state index contributed by atoms with van der Waals surface area (Å²) in [6.07, 6.45) is 2.46. The van der Waals surface area contributed by atoms with Crippen LogP contribution in [-0.2, 0) is 13.1 Å². The maximum Gasteiger partial charge on any atom is 0.118 e. The van der Waals surface area contributed by atoms with Crippen LogP contribution in [0.2, 0.25) is 0 Å². The van der Waals surface area contributed by atoms with Crippen molar-refractivity contribution >= 4 is 0 Å². The summed E-state index contributed by atoms with van der Waals surface area (Å²) in [5, 5.41) is 0. The molecule has 0 aliphatic heterocycles. The monoisotopic (exact) mass is 224 g/mol. The van der Waals surface area contributed by atoms with Crippen LogP contribution in [0.1, 0.15) is 43.8 Å². The molecule has 1 rings (SSSR count). The van der Waals surface area contributed by atoms with Gasteiger partial charge in [-0.1, -0.05) is 13.3 Å². The fraction of sp³-hybridized carbons (Fsp3) is 0.692. The fourth-order valence-electron chi connectivity index (χ4n) is 1.91. The van der Waals surface area contributed by atoms with E-state index in [9.17, 15) is 0 Å². The molecule has 1 aromatic rings. The Morgan fingerprint density at radius 1 is 1.50 bits per heavy atom. The van der Waals surface area contributed by atoms with Crippen molar-refractivity contribution in [1.29, 1.82) is 0 Å². The summed E-state index contributed by atoms with van der Waals surface area (Å²) >= 11 is 0. The van der Waals surface area contributed by atoms with Crippen molar-refractivity contribution < 1.29 is 4.42 Å². The first-order valence-corrected chi connectivity index (χ1v) is 6.07. The van der Waals surface area contributed by atoms with Gasteiger partial charge in [-0.3, -0.25) is 4.90 Å². The predicted molar refractivity (Wildman–Crippen MR) is 67.2 cm³/mol. The average molecular weight is 224 g/mol. The minimum atomic E-state index is 0.481. The van der Waals surface area contributed by atoms with Crippen LogP contribution in [0.4, 0.5) is 0 Å². The van der Waals surface area contributed by atoms with Crippen LogP contribution in [0, 0.1) is 6.92 Å². The SMILES string of the molecule is CCCC(C)N(C)Cc1cc(CN)oc1C. The minimum absolute atomic E-state index is 0.481. The highest BCUT2D eigenvalue weighted by Crippen LogP contribution is 2.17. The van der Waals surface area contributed by atoms with Crippen LogP contribution in [0.3, 0.4) is 0 Å². The molecule has 2 N–H and O–H groups in total. The van der Waals surface area contributed by atoms with Gasteiger partial charge in [-0.2, -0.15) is 0 Å². The van der Waals surface area contributed by atoms with Crippen LogP contribution in [0.15, 0.2) is 10.5 Å². The van der Waals surface area contributed by atoms with Gasteiger partial charge in [0.15, 0.2) is 0 Å². The van der Waals surface area contributed by atoms with Crippen LogP contribution >= 0.6 is 0 Å². The van der Waals surface area contributed by atoms with E-state index in [0.29, 0.717) is 12.6 Å². The number of furan rings is 1. The molecule has 0 saturated carbocycles. The van der Waals surface area contributed by atoms with E-state index in [1.54, 1.807) is 0 Å². The van der Waals surface area contributed by atoms with Gasteiger partial charge in [0.1, 0.15) is 11.5 Å². The first-order chi connectivity index (χ1) is 7.58. The molecule has 92 valence electrons. The number of nitrogens with two attached hydrogens (primary N) is 1. The van der Waals surface area contributed by atoms with Gasteiger partial charge in [0.25, 0.3) is 0 Å². The zero-order valence-corrected chi connectivity index (χ0v) is 10.9. The highest BCUT2D eigenvalue weighted by molar-refractivity contribution is 5.20. The summed E-state index contributed by atoms with van der Waals surface area (Å²) in [6.45, 7) is 7.92. The smallest absolute Gasteiger partial charge is 0.118 e. The van der Waals surface area contributed by atoms with E-state index < -0.39 is 0 Å². The van der Waals surface area contributed by atoms with Crippen molar-refractivity contribution in [3.63, 3.8) is 0 Å². The summed E-state index contributed by atoms with van der Waals surface area (Å²) in [7, 11) is 2.16. The Morgan fingerprint density at radius 2 is 2.19 bits per heavy atom. The lowest BCUT2D eigenvalue weighted by Crippen LogP contribution is -2.28. The molecule has 1 atom stereocenters. The highest BCUT2D eigenvalue weighted by atomic mass is 16.3. The molecule has 0 aliphatic carbocycles. The number of hydrogen-bond acceptors (Lipinski definition) is 3. The Kier molecular flexibility index (Phi) is 5.03. The Morgan fingerprint density at radius 3 is 2.69 bits per heavy atom. The lowest BCUT2D eigenvalue weighted by atomic mass is 10.1. The molecule has 0 spiro atoms. The molecule has 16 heavy (non-hydrogen) atoms. The van der Waals surface area contributed by atoms with Gasteiger partial charge in [0.2, 0.25) is 0 Å². The van der Waals surface area contributed by atoms with E-state index in [1.807, 2.05) is 6.92 Å². The molecule has 1 unspecified atom stereocenters. The van der Waals surface area contributed by atoms with Crippen LogP contribution in [0.5, 0.6) is 0 Å². The van der Waals surface area contributed by atoms with Gasteiger partial charge in [-0.05, 0) is 33.4 Å². The summed E-state index contributed by atoms with van der Waals surface area (Å²) in [5.41, 5.74) is 6.82. The van der Waals surface area contributed by atoms with E-state index in [2.05, 4.69) is 31.9 Å². The summed E-state index contributed by atoms with van der Waals surface area (Å²) in [6, 6.07) is 2.69. The van der Waals surface area contributed by atoms with Gasteiger partial charge in [0.05, 0.1) is 6.54 Å². The first kappa shape index (κ1) is 13.3. The molecule has 0 saturated heterocycles. The van der Waals surface area contributed by atoms with Crippen molar-refractivity contribution in [2.45, 2.75) is 52.7 Å². The molecule has 0 aromatic carbocycles. The molecule has 0 aliphatic rings. The molecule has 0 fully saturated rings. The lowest BCUT2D eigenvalue weighted by molar-refractivity contribution is 0.235. The molecule has 3 heteroatoms. The largest absolute Gasteiger partial charge is 0.465 e. The molecule has 0 radical (unpaired) electrons. The van der Waals surface area contributed by atoms with Gasteiger partial charge in [-0.25, -0.2) is 0 Å². The number of aryl methyl sites for hydroxylation is 1. The van der Waals surface area contributed by atoms with E-state index in [1.165, 1.54) is 18.4 Å². The minimum Gasteiger partial charge on any atom is -0.465 e. The predicted octanol–water partition coefficient (Wildman–Crippen LogP) is 2.67. The second kappa shape index (κ2) is 6.06. The normalized spacial score (nSPS) is 13.4. The van der Waals surface area contributed by atoms with Crippen LogP contribution in [-0.4, -0.2) is 18.0 Å². The third kappa shape index (κ3) is 3.35. The molecular weight excluding hydrogens is 200 g/mol. The topological polar surface area (TPSA) is 42.4 Å². The number of nitrogens with zero attached hydrogens (tertiary/aromatic N) is 1. The van der Waals surface area contributed by atoms with E-state index in [-0.39, 0.29) is 0 Å². The van der Waals surface area contributed by atoms with Crippen molar-refractivity contribution in [3.8, 4) is 0 Å². The van der Waals surface area contributed by atoms with Crippen molar-refractivity contribution in [1.82, 2.24) is 4.90 Å². The van der Waals surface area contributed by atoms with E-state index in [4.69, 9.17) is 10.2 Å². The second-order valence-electron chi connectivity index (χ2n) is 4.55. The second-order valence-corrected chi connectivity index (χ2v) is 4.55. The fourth-order valence-corrected chi connectivity index (χ4v) is 1.91. The maximum atomic E-state index is 5.56. The Balaban J connectivity index is 2.61. The average Bonchev–Trinajstić information content (AvgIpc) is 2.60. The van der Waals surface area contributed by atoms with Crippen molar-refractivity contribution in [2.24, 2.45) is 5.73 Å². The van der Waals surface area contributed by atoms with Gasteiger partial charge in [0, 0.05) is 18.2 Å². The van der Waals surface area contributed by atoms with E-state index in [0.717, 1.165) is 18.1 Å².